The Bertz CT molecular complexity index is 1140. The van der Waals surface area contributed by atoms with Gasteiger partial charge in [-0.3, -0.25) is 9.59 Å². The van der Waals surface area contributed by atoms with Crippen molar-refractivity contribution in [2.45, 2.75) is 38.7 Å². The normalized spacial score (nSPS) is 12.7. The highest BCUT2D eigenvalue weighted by Gasteiger charge is 2.16. The predicted molar refractivity (Wildman–Crippen MR) is 109 cm³/mol. The number of Topliss-reactive ketones (excluding diaryl/α,β-unsaturated/α-hetero) is 1. The zero-order valence-corrected chi connectivity index (χ0v) is 16.5. The molecular formula is C23H19ClO5. The highest BCUT2D eigenvalue weighted by Crippen LogP contribution is 2.28. The van der Waals surface area contributed by atoms with E-state index in [1.54, 1.807) is 24.3 Å². The lowest BCUT2D eigenvalue weighted by Crippen LogP contribution is -2.10. The third-order valence-corrected chi connectivity index (χ3v) is 5.41. The van der Waals surface area contributed by atoms with Gasteiger partial charge >= 0.3 is 11.6 Å². The maximum absolute atomic E-state index is 12.2. The van der Waals surface area contributed by atoms with Gasteiger partial charge in [0.25, 0.3) is 0 Å². The summed E-state index contributed by atoms with van der Waals surface area (Å²) >= 11 is 5.81. The Morgan fingerprint density at radius 1 is 1.00 bits per heavy atom. The number of aryl methyl sites for hydroxylation is 2. The van der Waals surface area contributed by atoms with Gasteiger partial charge in [0.1, 0.15) is 12.2 Å². The average Bonchev–Trinajstić information content (AvgIpc) is 3.16. The molecule has 0 radical (unpaired) electrons. The van der Waals surface area contributed by atoms with Crippen LogP contribution in [0.1, 0.15) is 46.3 Å². The Kier molecular flexibility index (Phi) is 5.49. The van der Waals surface area contributed by atoms with Gasteiger partial charge < -0.3 is 9.15 Å². The zero-order valence-electron chi connectivity index (χ0n) is 15.7. The van der Waals surface area contributed by atoms with Crippen LogP contribution in [-0.2, 0) is 29.0 Å². The maximum atomic E-state index is 12.2. The molecule has 1 heterocycles. The molecule has 2 aromatic carbocycles. The van der Waals surface area contributed by atoms with Gasteiger partial charge in [0.05, 0.1) is 6.42 Å². The van der Waals surface area contributed by atoms with Gasteiger partial charge in [-0.15, -0.1) is 0 Å². The van der Waals surface area contributed by atoms with Crippen molar-refractivity contribution < 1.29 is 18.7 Å². The number of hydrogen-bond acceptors (Lipinski definition) is 5. The molecule has 0 fully saturated rings. The molecule has 6 heteroatoms. The fourth-order valence-corrected chi connectivity index (χ4v) is 3.77. The minimum absolute atomic E-state index is 0.0315. The van der Waals surface area contributed by atoms with Crippen LogP contribution in [-0.4, -0.2) is 11.8 Å². The summed E-state index contributed by atoms with van der Waals surface area (Å²) in [7, 11) is 0. The van der Waals surface area contributed by atoms with Crippen molar-refractivity contribution in [3.8, 4) is 0 Å². The van der Waals surface area contributed by atoms with Crippen LogP contribution in [0.15, 0.2) is 51.7 Å². The molecule has 4 rings (SSSR count). The number of halogens is 1. The van der Waals surface area contributed by atoms with Crippen molar-refractivity contribution in [1.29, 1.82) is 0 Å². The van der Waals surface area contributed by atoms with E-state index in [9.17, 15) is 14.4 Å². The molecule has 0 spiro atoms. The minimum Gasteiger partial charge on any atom is -0.461 e. The number of benzene rings is 2. The molecule has 29 heavy (non-hydrogen) atoms. The van der Waals surface area contributed by atoms with Crippen LogP contribution in [0.3, 0.4) is 0 Å². The second-order valence-electron chi connectivity index (χ2n) is 7.15. The number of carbonyl (C=O) groups excluding carboxylic acids is 2. The topological polar surface area (TPSA) is 73.6 Å². The Morgan fingerprint density at radius 3 is 2.48 bits per heavy atom. The average molecular weight is 411 g/mol. The number of carbonyl (C=O) groups is 2. The molecule has 0 saturated heterocycles. The second kappa shape index (κ2) is 8.21. The summed E-state index contributed by atoms with van der Waals surface area (Å²) in [6.45, 7) is -0.0329. The summed E-state index contributed by atoms with van der Waals surface area (Å²) in [4.78, 5) is 36.2. The molecule has 1 aliphatic carbocycles. The summed E-state index contributed by atoms with van der Waals surface area (Å²) in [5.74, 6) is -0.644. The number of ketones is 1. The first kappa shape index (κ1) is 19.4. The lowest BCUT2D eigenvalue weighted by molar-refractivity contribution is -0.144. The summed E-state index contributed by atoms with van der Waals surface area (Å²) in [6, 6.07) is 11.8. The molecule has 0 unspecified atom stereocenters. The first-order chi connectivity index (χ1) is 14.0. The number of ether oxygens (including phenoxy) is 1. The predicted octanol–water partition coefficient (Wildman–Crippen LogP) is 4.64. The smallest absolute Gasteiger partial charge is 0.336 e. The van der Waals surface area contributed by atoms with Gasteiger partial charge in [0.15, 0.2) is 5.78 Å². The van der Waals surface area contributed by atoms with E-state index in [2.05, 4.69) is 0 Å². The lowest BCUT2D eigenvalue weighted by atomic mass is 10.0. The zero-order chi connectivity index (χ0) is 20.4. The summed E-state index contributed by atoms with van der Waals surface area (Å²) in [5.41, 5.74) is 3.61. The third kappa shape index (κ3) is 4.40. The Morgan fingerprint density at radius 2 is 1.72 bits per heavy atom. The molecule has 0 amide bonds. The fourth-order valence-electron chi connectivity index (χ4n) is 3.64. The van der Waals surface area contributed by atoms with Gasteiger partial charge in [-0.2, -0.15) is 0 Å². The van der Waals surface area contributed by atoms with Crippen molar-refractivity contribution in [2.24, 2.45) is 0 Å². The van der Waals surface area contributed by atoms with E-state index >= 15 is 0 Å². The monoisotopic (exact) mass is 410 g/mol. The van der Waals surface area contributed by atoms with Crippen molar-refractivity contribution in [3.05, 3.63) is 80.2 Å². The first-order valence-electron chi connectivity index (χ1n) is 9.52. The fraction of sp³-hybridized carbons (Fsp3) is 0.261. The number of esters is 1. The van der Waals surface area contributed by atoms with Gasteiger partial charge in [0.2, 0.25) is 0 Å². The first-order valence-corrected chi connectivity index (χ1v) is 9.90. The van der Waals surface area contributed by atoms with E-state index in [1.807, 2.05) is 12.1 Å². The number of fused-ring (bicyclic) bond motifs is 2. The Hall–Kier alpha value is -2.92. The molecule has 1 aliphatic rings. The third-order valence-electron chi connectivity index (χ3n) is 5.15. The van der Waals surface area contributed by atoms with E-state index < -0.39 is 11.6 Å². The van der Waals surface area contributed by atoms with E-state index in [4.69, 9.17) is 20.8 Å². The highest BCUT2D eigenvalue weighted by atomic mass is 35.5. The quantitative estimate of drug-likeness (QED) is 0.336. The molecule has 0 saturated carbocycles. The van der Waals surface area contributed by atoms with Crippen LogP contribution in [0.5, 0.6) is 0 Å². The van der Waals surface area contributed by atoms with Crippen LogP contribution < -0.4 is 5.63 Å². The van der Waals surface area contributed by atoms with Crippen LogP contribution in [0.4, 0.5) is 0 Å². The number of hydrogen-bond donors (Lipinski definition) is 0. The molecule has 148 valence electrons. The molecule has 1 aromatic heterocycles. The Balaban J connectivity index is 1.41. The van der Waals surface area contributed by atoms with Crippen LogP contribution >= 0.6 is 11.6 Å². The summed E-state index contributed by atoms with van der Waals surface area (Å²) < 4.78 is 10.6. The SMILES string of the molecule is O=C(CCC(=O)c1ccc(Cl)cc1)OCc1cc(=O)oc2cc3c(cc12)CCC3. The highest BCUT2D eigenvalue weighted by molar-refractivity contribution is 6.30. The molecule has 0 N–H and O–H groups in total. The second-order valence-corrected chi connectivity index (χ2v) is 7.59. The number of rotatable bonds is 6. The molecule has 0 aliphatic heterocycles. The van der Waals surface area contributed by atoms with Gasteiger partial charge in [-0.25, -0.2) is 4.79 Å². The largest absolute Gasteiger partial charge is 0.461 e. The molecule has 0 atom stereocenters. The van der Waals surface area contributed by atoms with Gasteiger partial charge in [-0.1, -0.05) is 11.6 Å². The summed E-state index contributed by atoms with van der Waals surface area (Å²) in [5, 5.41) is 1.33. The van der Waals surface area contributed by atoms with Crippen molar-refractivity contribution in [3.63, 3.8) is 0 Å². The van der Waals surface area contributed by atoms with Crippen LogP contribution in [0, 0.1) is 0 Å². The van der Waals surface area contributed by atoms with Gasteiger partial charge in [-0.05, 0) is 66.8 Å². The molecule has 0 bridgehead atoms. The molecule has 3 aromatic rings. The van der Waals surface area contributed by atoms with E-state index in [0.29, 0.717) is 21.7 Å². The van der Waals surface area contributed by atoms with E-state index in [-0.39, 0.29) is 25.2 Å². The lowest BCUT2D eigenvalue weighted by Gasteiger charge is -2.09. The Labute approximate surface area is 172 Å². The van der Waals surface area contributed by atoms with Crippen molar-refractivity contribution in [1.82, 2.24) is 0 Å². The van der Waals surface area contributed by atoms with Gasteiger partial charge in [0, 0.05) is 34.0 Å². The summed E-state index contributed by atoms with van der Waals surface area (Å²) in [6.07, 6.45) is 3.08. The van der Waals surface area contributed by atoms with E-state index in [1.165, 1.54) is 17.2 Å². The van der Waals surface area contributed by atoms with Crippen LogP contribution in [0.2, 0.25) is 5.02 Å². The molecular weight excluding hydrogens is 392 g/mol. The minimum atomic E-state index is -0.491. The maximum Gasteiger partial charge on any atom is 0.336 e. The standard InChI is InChI=1S/C23H19ClO5/c24-18-6-4-14(5-7-18)20(25)8-9-22(26)28-13-17-12-23(27)29-21-11-16-3-1-2-15(16)10-19(17)21/h4-7,10-12H,1-3,8-9,13H2. The van der Waals surface area contributed by atoms with E-state index in [0.717, 1.165) is 24.6 Å². The molecule has 5 nitrogen and oxygen atoms in total. The van der Waals surface area contributed by atoms with Crippen molar-refractivity contribution in [2.75, 3.05) is 0 Å². The van der Waals surface area contributed by atoms with Crippen LogP contribution in [0.25, 0.3) is 11.0 Å². The van der Waals surface area contributed by atoms with Crippen molar-refractivity contribution >= 4 is 34.3 Å².